The first kappa shape index (κ1) is 12.4. The summed E-state index contributed by atoms with van der Waals surface area (Å²) in [5, 5.41) is 1.87. The molecule has 7 heteroatoms. The van der Waals surface area contributed by atoms with Crippen molar-refractivity contribution in [2.75, 3.05) is 27.2 Å². The lowest BCUT2D eigenvalue weighted by atomic mass is 10.5. The van der Waals surface area contributed by atoms with Crippen molar-refractivity contribution in [3.63, 3.8) is 0 Å². The van der Waals surface area contributed by atoms with Gasteiger partial charge in [0.1, 0.15) is 0 Å². The molecular weight excluding hydrogens is 190 g/mol. The van der Waals surface area contributed by atoms with Crippen molar-refractivity contribution in [1.82, 2.24) is 10.2 Å². The minimum Gasteiger partial charge on any atom is -0.468 e. The van der Waals surface area contributed by atoms with Crippen LogP contribution in [0.3, 0.4) is 0 Å². The maximum atomic E-state index is 10.9. The fraction of sp³-hybridized carbons (Fsp3) is 0.571. The maximum Gasteiger partial charge on any atom is 0.319 e. The van der Waals surface area contributed by atoms with Gasteiger partial charge in [-0.15, -0.1) is 0 Å². The molecule has 0 aliphatic carbocycles. The summed E-state index contributed by atoms with van der Waals surface area (Å²) in [5.74, 6) is -1.02. The van der Waals surface area contributed by atoms with E-state index < -0.39 is 17.9 Å². The predicted molar refractivity (Wildman–Crippen MR) is 47.2 cm³/mol. The number of primary amides is 1. The summed E-state index contributed by atoms with van der Waals surface area (Å²) in [6.45, 7) is -0.124. The number of carbonyl (C=O) groups excluding carboxylic acids is 3. The van der Waals surface area contributed by atoms with Crippen molar-refractivity contribution in [3.05, 3.63) is 0 Å². The summed E-state index contributed by atoms with van der Waals surface area (Å²) in [7, 11) is 2.79. The van der Waals surface area contributed by atoms with Crippen molar-refractivity contribution in [3.8, 4) is 0 Å². The third kappa shape index (κ3) is 5.95. The van der Waals surface area contributed by atoms with Gasteiger partial charge in [0.2, 0.25) is 5.91 Å². The molecule has 0 bridgehead atoms. The van der Waals surface area contributed by atoms with E-state index in [0.717, 1.165) is 0 Å². The van der Waals surface area contributed by atoms with E-state index in [9.17, 15) is 14.4 Å². The van der Waals surface area contributed by atoms with E-state index in [4.69, 9.17) is 5.73 Å². The standard InChI is InChI=1S/C7H13N3O4/c1-10(4-6(12)14-2)3-5(11)9-7(8)13/h3-4H2,1-2H3,(H3,8,9,11,13). The molecule has 3 N–H and O–H groups in total. The fourth-order valence-corrected chi connectivity index (χ4v) is 0.763. The fourth-order valence-electron chi connectivity index (χ4n) is 0.763. The molecule has 0 unspecified atom stereocenters. The van der Waals surface area contributed by atoms with Gasteiger partial charge in [-0.25, -0.2) is 4.79 Å². The van der Waals surface area contributed by atoms with E-state index in [0.29, 0.717) is 0 Å². The smallest absolute Gasteiger partial charge is 0.319 e. The number of hydrogen-bond donors (Lipinski definition) is 2. The zero-order chi connectivity index (χ0) is 11.1. The summed E-state index contributed by atoms with van der Waals surface area (Å²) in [6, 6.07) is -0.915. The van der Waals surface area contributed by atoms with Crippen LogP contribution in [0.5, 0.6) is 0 Å². The Morgan fingerprint density at radius 2 is 1.93 bits per heavy atom. The van der Waals surface area contributed by atoms with Crippen LogP contribution >= 0.6 is 0 Å². The Labute approximate surface area is 81.2 Å². The Kier molecular flexibility index (Phi) is 5.23. The van der Waals surface area contributed by atoms with Crippen LogP contribution in [-0.2, 0) is 14.3 Å². The molecule has 0 saturated heterocycles. The normalized spacial score (nSPS) is 9.64. The first-order valence-electron chi connectivity index (χ1n) is 3.80. The number of methoxy groups -OCH3 is 1. The van der Waals surface area contributed by atoms with E-state index in [1.54, 1.807) is 0 Å². The topological polar surface area (TPSA) is 102 Å². The zero-order valence-electron chi connectivity index (χ0n) is 8.07. The molecular formula is C7H13N3O4. The zero-order valence-corrected chi connectivity index (χ0v) is 8.07. The Morgan fingerprint density at radius 1 is 1.36 bits per heavy atom. The number of likely N-dealkylation sites (N-methyl/N-ethyl adjacent to an activating group) is 1. The molecule has 0 fully saturated rings. The summed E-state index contributed by atoms with van der Waals surface area (Å²) < 4.78 is 4.38. The summed E-state index contributed by atoms with van der Waals surface area (Å²) >= 11 is 0. The van der Waals surface area contributed by atoms with Crippen LogP contribution in [0.15, 0.2) is 0 Å². The van der Waals surface area contributed by atoms with E-state index in [-0.39, 0.29) is 13.1 Å². The highest BCUT2D eigenvalue weighted by molar-refractivity contribution is 5.94. The van der Waals surface area contributed by atoms with Gasteiger partial charge in [-0.2, -0.15) is 0 Å². The van der Waals surface area contributed by atoms with Crippen LogP contribution < -0.4 is 11.1 Å². The largest absolute Gasteiger partial charge is 0.468 e. The molecule has 0 radical (unpaired) electrons. The molecule has 80 valence electrons. The lowest BCUT2D eigenvalue weighted by Gasteiger charge is -2.13. The molecule has 0 atom stereocenters. The second-order valence-corrected chi connectivity index (χ2v) is 2.66. The monoisotopic (exact) mass is 203 g/mol. The van der Waals surface area contributed by atoms with Crippen LogP contribution in [0.2, 0.25) is 0 Å². The van der Waals surface area contributed by atoms with Crippen LogP contribution in [0, 0.1) is 0 Å². The highest BCUT2D eigenvalue weighted by Gasteiger charge is 2.11. The van der Waals surface area contributed by atoms with E-state index >= 15 is 0 Å². The third-order valence-electron chi connectivity index (χ3n) is 1.30. The second kappa shape index (κ2) is 5.92. The molecule has 0 aromatic heterocycles. The minimum atomic E-state index is -0.915. The molecule has 7 nitrogen and oxygen atoms in total. The molecule has 0 aromatic carbocycles. The average Bonchev–Trinajstić information content (AvgIpc) is 2.01. The molecule has 0 heterocycles. The van der Waals surface area contributed by atoms with Crippen LogP contribution in [0.25, 0.3) is 0 Å². The van der Waals surface area contributed by atoms with Gasteiger partial charge in [-0.05, 0) is 7.05 Å². The van der Waals surface area contributed by atoms with Crippen molar-refractivity contribution < 1.29 is 19.1 Å². The average molecular weight is 203 g/mol. The van der Waals surface area contributed by atoms with Crippen molar-refractivity contribution >= 4 is 17.9 Å². The number of carbonyl (C=O) groups is 3. The molecule has 0 saturated carbocycles. The summed E-state index contributed by atoms with van der Waals surface area (Å²) in [6.07, 6.45) is 0. The van der Waals surface area contributed by atoms with E-state index in [1.165, 1.54) is 19.1 Å². The second-order valence-electron chi connectivity index (χ2n) is 2.66. The quantitative estimate of drug-likeness (QED) is 0.529. The Hall–Kier alpha value is -1.63. The molecule has 0 aliphatic rings. The van der Waals surface area contributed by atoms with Crippen LogP contribution in [0.4, 0.5) is 4.79 Å². The van der Waals surface area contributed by atoms with Gasteiger partial charge in [-0.3, -0.25) is 19.8 Å². The van der Waals surface area contributed by atoms with Gasteiger partial charge >= 0.3 is 12.0 Å². The van der Waals surface area contributed by atoms with E-state index in [2.05, 4.69) is 4.74 Å². The molecule has 0 spiro atoms. The number of rotatable bonds is 4. The molecule has 3 amide bonds. The number of ether oxygens (including phenoxy) is 1. The molecule has 14 heavy (non-hydrogen) atoms. The number of amides is 3. The van der Waals surface area contributed by atoms with Gasteiger partial charge < -0.3 is 10.5 Å². The number of imide groups is 1. The van der Waals surface area contributed by atoms with Crippen molar-refractivity contribution in [1.29, 1.82) is 0 Å². The van der Waals surface area contributed by atoms with E-state index in [1.807, 2.05) is 5.32 Å². The first-order chi connectivity index (χ1) is 6.45. The molecule has 0 rings (SSSR count). The third-order valence-corrected chi connectivity index (χ3v) is 1.30. The Morgan fingerprint density at radius 3 is 2.36 bits per heavy atom. The molecule has 0 aromatic rings. The van der Waals surface area contributed by atoms with Crippen LogP contribution in [0.1, 0.15) is 0 Å². The number of esters is 1. The van der Waals surface area contributed by atoms with Gasteiger partial charge in [-0.1, -0.05) is 0 Å². The predicted octanol–water partition coefficient (Wildman–Crippen LogP) is -1.71. The van der Waals surface area contributed by atoms with Gasteiger partial charge in [0.25, 0.3) is 0 Å². The number of nitrogens with two attached hydrogens (primary N) is 1. The highest BCUT2D eigenvalue weighted by Crippen LogP contribution is 1.84. The Balaban J connectivity index is 3.82. The maximum absolute atomic E-state index is 10.9. The SMILES string of the molecule is COC(=O)CN(C)CC(=O)NC(N)=O. The summed E-state index contributed by atoms with van der Waals surface area (Å²) in [4.78, 5) is 33.3. The lowest BCUT2D eigenvalue weighted by Crippen LogP contribution is -2.42. The highest BCUT2D eigenvalue weighted by atomic mass is 16.5. The number of hydrogen-bond acceptors (Lipinski definition) is 5. The Bertz CT molecular complexity index is 241. The van der Waals surface area contributed by atoms with Gasteiger partial charge in [0.15, 0.2) is 0 Å². The number of urea groups is 1. The summed E-state index contributed by atoms with van der Waals surface area (Å²) in [5.41, 5.74) is 4.72. The van der Waals surface area contributed by atoms with Crippen LogP contribution in [-0.4, -0.2) is 50.1 Å². The van der Waals surface area contributed by atoms with Crippen molar-refractivity contribution in [2.45, 2.75) is 0 Å². The minimum absolute atomic E-state index is 0.0251. The molecule has 0 aliphatic heterocycles. The number of nitrogens with zero attached hydrogens (tertiary/aromatic N) is 1. The van der Waals surface area contributed by atoms with Gasteiger partial charge in [0, 0.05) is 0 Å². The van der Waals surface area contributed by atoms with Crippen molar-refractivity contribution in [2.24, 2.45) is 5.73 Å². The lowest BCUT2D eigenvalue weighted by molar-refractivity contribution is -0.141. The van der Waals surface area contributed by atoms with Gasteiger partial charge in [0.05, 0.1) is 20.2 Å². The first-order valence-corrected chi connectivity index (χ1v) is 3.80. The number of nitrogens with one attached hydrogen (secondary N) is 1.